The number of aromatic amines is 2. The highest BCUT2D eigenvalue weighted by atomic mass is 16.2. The van der Waals surface area contributed by atoms with Gasteiger partial charge in [0.1, 0.15) is 0 Å². The van der Waals surface area contributed by atoms with Crippen LogP contribution in [0.1, 0.15) is 12.8 Å². The summed E-state index contributed by atoms with van der Waals surface area (Å²) >= 11 is 0. The fraction of sp³-hybridized carbons (Fsp3) is 0.217. The van der Waals surface area contributed by atoms with Gasteiger partial charge in [-0.25, -0.2) is 14.8 Å². The van der Waals surface area contributed by atoms with Crippen LogP contribution in [-0.2, 0) is 0 Å². The van der Waals surface area contributed by atoms with Crippen molar-refractivity contribution >= 4 is 33.5 Å². The Morgan fingerprint density at radius 1 is 0.968 bits per heavy atom. The van der Waals surface area contributed by atoms with Crippen molar-refractivity contribution in [2.45, 2.75) is 18.9 Å². The number of pyridine rings is 1. The molecular formula is C23H24N6O2. The second kappa shape index (κ2) is 7.57. The van der Waals surface area contributed by atoms with Crippen LogP contribution in [0.2, 0.25) is 0 Å². The number of carbonyl (C=O) groups excluding carboxylic acids is 1. The van der Waals surface area contributed by atoms with Gasteiger partial charge in [-0.15, -0.1) is 0 Å². The first kappa shape index (κ1) is 19.3. The van der Waals surface area contributed by atoms with Gasteiger partial charge in [0.2, 0.25) is 0 Å². The molecule has 8 heteroatoms. The Balaban J connectivity index is 1.54. The van der Waals surface area contributed by atoms with Crippen LogP contribution in [0.5, 0.6) is 0 Å². The van der Waals surface area contributed by atoms with Gasteiger partial charge in [0.25, 0.3) is 5.56 Å². The Labute approximate surface area is 178 Å². The summed E-state index contributed by atoms with van der Waals surface area (Å²) in [7, 11) is 0. The highest BCUT2D eigenvalue weighted by Gasteiger charge is 2.26. The van der Waals surface area contributed by atoms with Crippen LogP contribution in [0.25, 0.3) is 33.1 Å². The number of hydrazine groups is 1. The van der Waals surface area contributed by atoms with Gasteiger partial charge in [-0.1, -0.05) is 18.2 Å². The molecule has 158 valence electrons. The van der Waals surface area contributed by atoms with Crippen molar-refractivity contribution in [1.29, 1.82) is 0 Å². The van der Waals surface area contributed by atoms with Gasteiger partial charge in [-0.2, -0.15) is 0 Å². The number of nitrogens with one attached hydrogen (secondary N) is 2. The number of carbonyl (C=O) groups is 1. The minimum absolute atomic E-state index is 0.153. The molecule has 0 unspecified atom stereocenters. The largest absolute Gasteiger partial charge is 0.354 e. The summed E-state index contributed by atoms with van der Waals surface area (Å²) in [5.41, 5.74) is 15.2. The predicted octanol–water partition coefficient (Wildman–Crippen LogP) is 2.90. The van der Waals surface area contributed by atoms with Crippen molar-refractivity contribution in [2.24, 2.45) is 11.5 Å². The van der Waals surface area contributed by atoms with Crippen LogP contribution >= 0.6 is 0 Å². The van der Waals surface area contributed by atoms with Gasteiger partial charge in [-0.05, 0) is 54.6 Å². The van der Waals surface area contributed by atoms with E-state index >= 15 is 0 Å². The molecule has 2 aromatic heterocycles. The summed E-state index contributed by atoms with van der Waals surface area (Å²) < 4.78 is 0. The minimum Gasteiger partial charge on any atom is -0.354 e. The van der Waals surface area contributed by atoms with Gasteiger partial charge < -0.3 is 21.4 Å². The molecule has 0 radical (unpaired) electrons. The second-order valence-corrected chi connectivity index (χ2v) is 8.00. The SMILES string of the molecule is NC(=O)N(c1ccc2[nH]c(-c3cc4ccccc4[nH]c3=O)cc2c1)N1CCC(N)CC1. The molecule has 31 heavy (non-hydrogen) atoms. The fourth-order valence-corrected chi connectivity index (χ4v) is 4.26. The Morgan fingerprint density at radius 2 is 1.71 bits per heavy atom. The van der Waals surface area contributed by atoms with Crippen molar-refractivity contribution in [3.63, 3.8) is 0 Å². The Kier molecular flexibility index (Phi) is 4.72. The van der Waals surface area contributed by atoms with E-state index in [0.717, 1.165) is 34.6 Å². The highest BCUT2D eigenvalue weighted by molar-refractivity contribution is 5.95. The van der Waals surface area contributed by atoms with E-state index < -0.39 is 6.03 Å². The van der Waals surface area contributed by atoms with Gasteiger partial charge >= 0.3 is 6.03 Å². The Morgan fingerprint density at radius 3 is 2.48 bits per heavy atom. The summed E-state index contributed by atoms with van der Waals surface area (Å²) in [6.07, 6.45) is 1.62. The molecule has 8 nitrogen and oxygen atoms in total. The molecule has 1 aliphatic rings. The minimum atomic E-state index is -0.531. The summed E-state index contributed by atoms with van der Waals surface area (Å²) in [6.45, 7) is 1.35. The maximum Gasteiger partial charge on any atom is 0.334 e. The van der Waals surface area contributed by atoms with Gasteiger partial charge in [0.05, 0.1) is 16.9 Å². The van der Waals surface area contributed by atoms with Crippen molar-refractivity contribution in [2.75, 3.05) is 18.1 Å². The first-order chi connectivity index (χ1) is 15.0. The van der Waals surface area contributed by atoms with E-state index in [1.807, 2.05) is 59.6 Å². The van der Waals surface area contributed by atoms with E-state index in [1.165, 1.54) is 5.01 Å². The lowest BCUT2D eigenvalue weighted by Crippen LogP contribution is -2.54. The number of H-pyrrole nitrogens is 2. The molecule has 5 rings (SSSR count). The van der Waals surface area contributed by atoms with Crippen molar-refractivity contribution in [3.8, 4) is 11.3 Å². The number of nitrogens with zero attached hydrogens (tertiary/aromatic N) is 2. The highest BCUT2D eigenvalue weighted by Crippen LogP contribution is 2.28. The molecule has 6 N–H and O–H groups in total. The topological polar surface area (TPSA) is 124 Å². The lowest BCUT2D eigenvalue weighted by atomic mass is 10.1. The molecule has 3 heterocycles. The molecule has 4 aromatic rings. The molecule has 2 amide bonds. The number of fused-ring (bicyclic) bond motifs is 2. The average Bonchev–Trinajstić information content (AvgIpc) is 3.18. The third-order valence-corrected chi connectivity index (χ3v) is 5.90. The maximum atomic E-state index is 12.6. The third kappa shape index (κ3) is 3.56. The number of rotatable bonds is 3. The zero-order valence-corrected chi connectivity index (χ0v) is 17.0. The van der Waals surface area contributed by atoms with Crippen LogP contribution in [-0.4, -0.2) is 40.1 Å². The molecule has 0 spiro atoms. The monoisotopic (exact) mass is 416 g/mol. The summed E-state index contributed by atoms with van der Waals surface area (Å²) in [5.74, 6) is 0. The number of anilines is 1. The smallest absolute Gasteiger partial charge is 0.334 e. The van der Waals surface area contributed by atoms with Gasteiger partial charge in [0, 0.05) is 35.6 Å². The van der Waals surface area contributed by atoms with E-state index in [0.29, 0.717) is 30.0 Å². The number of urea groups is 1. The van der Waals surface area contributed by atoms with Crippen LogP contribution in [0.4, 0.5) is 10.5 Å². The van der Waals surface area contributed by atoms with E-state index in [9.17, 15) is 9.59 Å². The Hall–Kier alpha value is -3.62. The zero-order chi connectivity index (χ0) is 21.5. The number of aromatic nitrogens is 2. The molecule has 0 bridgehead atoms. The molecule has 0 aliphatic carbocycles. The lowest BCUT2D eigenvalue weighted by Gasteiger charge is -2.37. The molecule has 1 fully saturated rings. The predicted molar refractivity (Wildman–Crippen MR) is 123 cm³/mol. The van der Waals surface area contributed by atoms with Crippen molar-refractivity contribution in [3.05, 3.63) is 65.0 Å². The van der Waals surface area contributed by atoms with E-state index in [2.05, 4.69) is 9.97 Å². The number of primary amides is 1. The first-order valence-corrected chi connectivity index (χ1v) is 10.3. The number of piperidine rings is 1. The molecule has 1 saturated heterocycles. The van der Waals surface area contributed by atoms with E-state index in [1.54, 1.807) is 0 Å². The number of para-hydroxylation sites is 1. The molecule has 0 atom stereocenters. The number of nitrogens with two attached hydrogens (primary N) is 2. The van der Waals surface area contributed by atoms with Crippen LogP contribution in [0, 0.1) is 0 Å². The normalized spacial score (nSPS) is 15.5. The maximum absolute atomic E-state index is 12.6. The average molecular weight is 416 g/mol. The van der Waals surface area contributed by atoms with E-state index in [-0.39, 0.29) is 11.6 Å². The first-order valence-electron chi connectivity index (χ1n) is 10.3. The van der Waals surface area contributed by atoms with Crippen molar-refractivity contribution < 1.29 is 4.79 Å². The number of hydrogen-bond acceptors (Lipinski definition) is 4. The number of amides is 2. The Bertz CT molecular complexity index is 1330. The lowest BCUT2D eigenvalue weighted by molar-refractivity contribution is 0.188. The number of hydrogen-bond donors (Lipinski definition) is 4. The standard InChI is InChI=1S/C23H24N6O2/c24-16-7-9-28(10-8-16)29(23(25)31)17-5-6-20-15(11-17)13-21(26-20)18-12-14-3-1-2-4-19(14)27-22(18)30/h1-6,11-13,16,26H,7-10,24H2,(H2,25,31)(H,27,30). The zero-order valence-electron chi connectivity index (χ0n) is 17.0. The summed E-state index contributed by atoms with van der Waals surface area (Å²) in [4.78, 5) is 31.1. The third-order valence-electron chi connectivity index (χ3n) is 5.90. The van der Waals surface area contributed by atoms with Crippen LogP contribution < -0.4 is 22.0 Å². The molecule has 0 saturated carbocycles. The molecular weight excluding hydrogens is 392 g/mol. The quantitative estimate of drug-likeness (QED) is 0.410. The summed E-state index contributed by atoms with van der Waals surface area (Å²) in [5, 5.41) is 5.30. The summed E-state index contributed by atoms with van der Waals surface area (Å²) in [6, 6.07) is 16.8. The van der Waals surface area contributed by atoms with Gasteiger partial charge in [0.15, 0.2) is 0 Å². The van der Waals surface area contributed by atoms with Gasteiger partial charge in [-0.3, -0.25) is 4.79 Å². The van der Waals surface area contributed by atoms with Crippen LogP contribution in [0.15, 0.2) is 59.4 Å². The molecule has 2 aromatic carbocycles. The second-order valence-electron chi connectivity index (χ2n) is 8.00. The van der Waals surface area contributed by atoms with Crippen LogP contribution in [0.3, 0.4) is 0 Å². The van der Waals surface area contributed by atoms with E-state index in [4.69, 9.17) is 11.5 Å². The van der Waals surface area contributed by atoms with Crippen molar-refractivity contribution in [1.82, 2.24) is 15.0 Å². The number of benzene rings is 2. The molecule has 1 aliphatic heterocycles. The fourth-order valence-electron chi connectivity index (χ4n) is 4.26.